The average Bonchev–Trinajstić information content (AvgIpc) is 3.69. The van der Waals surface area contributed by atoms with Crippen LogP contribution in [-0.2, 0) is 28.6 Å². The lowest BCUT2D eigenvalue weighted by molar-refractivity contribution is -0.146. The molecule has 3 unspecified atom stereocenters. The lowest BCUT2D eigenvalue weighted by atomic mass is 9.94. The van der Waals surface area contributed by atoms with Crippen molar-refractivity contribution in [2.75, 3.05) is 21.3 Å². The van der Waals surface area contributed by atoms with Crippen molar-refractivity contribution >= 4 is 17.9 Å². The van der Waals surface area contributed by atoms with Gasteiger partial charge in [0.05, 0.1) is 38.4 Å². The minimum atomic E-state index is -0.223. The van der Waals surface area contributed by atoms with Gasteiger partial charge in [-0.1, -0.05) is 36.5 Å². The van der Waals surface area contributed by atoms with Crippen LogP contribution < -0.4 is 0 Å². The fraction of sp³-hybridized carbons (Fsp3) is 0.370. The SMILES string of the molecule is COC(=O)C1=C2C=CC(=C1)C2.COC(=O)C1=C2C=CC(=C1)C2.COC(=O)C1CC2C=CC1C2. The standard InChI is InChI=1S/C9H12O2.2C9H8O2/c3*1-11-9(10)8-5-6-2-3-7(8)4-6/h2-3,6-8H,4-5H2,1H3;2*2-3,5H,4H2,1H3. The second-order valence-electron chi connectivity index (χ2n) is 8.73. The molecule has 0 heterocycles. The number of hydrogen-bond donors (Lipinski definition) is 0. The molecule has 1 saturated carbocycles. The second kappa shape index (κ2) is 9.61. The molecule has 0 amide bonds. The molecule has 172 valence electrons. The third-order valence-corrected chi connectivity index (χ3v) is 6.73. The van der Waals surface area contributed by atoms with Gasteiger partial charge in [0, 0.05) is 0 Å². The van der Waals surface area contributed by atoms with Crippen molar-refractivity contribution in [2.45, 2.75) is 25.7 Å². The fourth-order valence-corrected chi connectivity index (χ4v) is 5.02. The molecule has 6 nitrogen and oxygen atoms in total. The van der Waals surface area contributed by atoms with Gasteiger partial charge >= 0.3 is 17.9 Å². The fourth-order valence-electron chi connectivity index (χ4n) is 5.02. The van der Waals surface area contributed by atoms with Crippen molar-refractivity contribution in [3.8, 4) is 0 Å². The highest BCUT2D eigenvalue weighted by molar-refractivity contribution is 5.96. The summed E-state index contributed by atoms with van der Waals surface area (Å²) in [7, 11) is 4.28. The quantitative estimate of drug-likeness (QED) is 0.368. The predicted molar refractivity (Wildman–Crippen MR) is 123 cm³/mol. The number of esters is 3. The van der Waals surface area contributed by atoms with Gasteiger partial charge in [-0.15, -0.1) is 0 Å². The zero-order chi connectivity index (χ0) is 23.5. The highest BCUT2D eigenvalue weighted by Gasteiger charge is 2.40. The van der Waals surface area contributed by atoms with Gasteiger partial charge < -0.3 is 14.2 Å². The van der Waals surface area contributed by atoms with Gasteiger partial charge in [0.2, 0.25) is 0 Å². The van der Waals surface area contributed by atoms with E-state index in [1.165, 1.54) is 38.9 Å². The number of carbonyl (C=O) groups excluding carboxylic acids is 3. The number of ether oxygens (including phenoxy) is 3. The Balaban J connectivity index is 0.000000118. The molecule has 0 spiro atoms. The number of rotatable bonds is 3. The first-order valence-electron chi connectivity index (χ1n) is 11.1. The number of hydrogen-bond acceptors (Lipinski definition) is 6. The molecule has 0 aromatic heterocycles. The maximum Gasteiger partial charge on any atom is 0.338 e. The van der Waals surface area contributed by atoms with Gasteiger partial charge in [0.1, 0.15) is 0 Å². The Labute approximate surface area is 193 Å². The van der Waals surface area contributed by atoms with Gasteiger partial charge in [0.15, 0.2) is 0 Å². The third kappa shape index (κ3) is 4.70. The van der Waals surface area contributed by atoms with Crippen LogP contribution >= 0.6 is 0 Å². The Morgan fingerprint density at radius 2 is 1.27 bits per heavy atom. The summed E-state index contributed by atoms with van der Waals surface area (Å²) in [6.07, 6.45) is 20.2. The van der Waals surface area contributed by atoms with Crippen LogP contribution in [0.25, 0.3) is 0 Å². The van der Waals surface area contributed by atoms with Crippen LogP contribution in [0.15, 0.2) is 82.0 Å². The Morgan fingerprint density at radius 1 is 0.727 bits per heavy atom. The highest BCUT2D eigenvalue weighted by Crippen LogP contribution is 2.43. The van der Waals surface area contributed by atoms with Crippen molar-refractivity contribution in [2.24, 2.45) is 17.8 Å². The molecule has 0 N–H and O–H groups in total. The minimum Gasteiger partial charge on any atom is -0.469 e. The van der Waals surface area contributed by atoms with Gasteiger partial charge in [-0.25, -0.2) is 9.59 Å². The summed E-state index contributed by atoms with van der Waals surface area (Å²) in [6, 6.07) is 0. The van der Waals surface area contributed by atoms with E-state index >= 15 is 0 Å². The van der Waals surface area contributed by atoms with Crippen LogP contribution in [0.3, 0.4) is 0 Å². The van der Waals surface area contributed by atoms with Crippen molar-refractivity contribution in [1.82, 2.24) is 0 Å². The largest absolute Gasteiger partial charge is 0.469 e. The summed E-state index contributed by atoms with van der Waals surface area (Å²) < 4.78 is 13.9. The molecule has 0 aliphatic heterocycles. The van der Waals surface area contributed by atoms with E-state index in [0.29, 0.717) is 11.8 Å². The third-order valence-electron chi connectivity index (χ3n) is 6.73. The predicted octanol–water partition coefficient (Wildman–Crippen LogP) is 4.08. The zero-order valence-electron chi connectivity index (χ0n) is 19.1. The minimum absolute atomic E-state index is 0.0261. The van der Waals surface area contributed by atoms with Gasteiger partial charge in [-0.2, -0.15) is 0 Å². The molecular weight excluding hydrogens is 420 g/mol. The molecule has 33 heavy (non-hydrogen) atoms. The van der Waals surface area contributed by atoms with E-state index in [0.717, 1.165) is 41.6 Å². The Bertz CT molecular complexity index is 1030. The first kappa shape index (κ1) is 22.8. The summed E-state index contributed by atoms with van der Waals surface area (Å²) in [6.45, 7) is 0. The van der Waals surface area contributed by atoms with E-state index in [2.05, 4.69) is 21.6 Å². The van der Waals surface area contributed by atoms with E-state index in [-0.39, 0.29) is 23.8 Å². The molecule has 6 rings (SSSR count). The van der Waals surface area contributed by atoms with Crippen LogP contribution in [0.1, 0.15) is 25.7 Å². The van der Waals surface area contributed by atoms with E-state index in [1.807, 2.05) is 36.5 Å². The topological polar surface area (TPSA) is 78.9 Å². The number of allylic oxidation sites excluding steroid dienone is 10. The Kier molecular flexibility index (Phi) is 6.63. The lowest BCUT2D eigenvalue weighted by Gasteiger charge is -2.14. The first-order chi connectivity index (χ1) is 15.9. The average molecular weight is 449 g/mol. The van der Waals surface area contributed by atoms with E-state index in [1.54, 1.807) is 0 Å². The summed E-state index contributed by atoms with van der Waals surface area (Å²) in [5.41, 5.74) is 6.05. The smallest absolute Gasteiger partial charge is 0.338 e. The van der Waals surface area contributed by atoms with E-state index < -0.39 is 0 Å². The summed E-state index contributed by atoms with van der Waals surface area (Å²) in [5.74, 6) is 0.826. The monoisotopic (exact) mass is 448 g/mol. The molecule has 0 saturated heterocycles. The Hall–Kier alpha value is -3.41. The summed E-state index contributed by atoms with van der Waals surface area (Å²) >= 11 is 0. The van der Waals surface area contributed by atoms with Crippen LogP contribution in [0.5, 0.6) is 0 Å². The summed E-state index contributed by atoms with van der Waals surface area (Å²) in [5, 5.41) is 0. The van der Waals surface area contributed by atoms with Crippen molar-refractivity contribution in [1.29, 1.82) is 0 Å². The molecule has 6 aliphatic carbocycles. The second-order valence-corrected chi connectivity index (χ2v) is 8.73. The molecule has 6 bridgehead atoms. The van der Waals surface area contributed by atoms with Gasteiger partial charge in [0.25, 0.3) is 0 Å². The molecule has 0 aromatic carbocycles. The molecule has 0 aromatic rings. The zero-order valence-corrected chi connectivity index (χ0v) is 19.1. The highest BCUT2D eigenvalue weighted by atomic mass is 16.5. The number of methoxy groups -OCH3 is 3. The number of carbonyl (C=O) groups is 3. The van der Waals surface area contributed by atoms with Gasteiger partial charge in [-0.05, 0) is 72.0 Å². The Morgan fingerprint density at radius 3 is 1.58 bits per heavy atom. The normalized spacial score (nSPS) is 26.0. The van der Waals surface area contributed by atoms with Crippen molar-refractivity contribution in [3.63, 3.8) is 0 Å². The van der Waals surface area contributed by atoms with Crippen LogP contribution in [0.2, 0.25) is 0 Å². The van der Waals surface area contributed by atoms with Crippen LogP contribution in [0, 0.1) is 17.8 Å². The molecule has 6 aliphatic rings. The molecule has 6 heteroatoms. The summed E-state index contributed by atoms with van der Waals surface area (Å²) in [4.78, 5) is 33.2. The van der Waals surface area contributed by atoms with Crippen molar-refractivity contribution < 1.29 is 28.6 Å². The molecular formula is C27H28O6. The van der Waals surface area contributed by atoms with E-state index in [4.69, 9.17) is 4.74 Å². The van der Waals surface area contributed by atoms with Crippen LogP contribution in [0.4, 0.5) is 0 Å². The first-order valence-corrected chi connectivity index (χ1v) is 11.1. The van der Waals surface area contributed by atoms with Crippen molar-refractivity contribution in [3.05, 3.63) is 82.0 Å². The maximum atomic E-state index is 11.1. The molecule has 0 radical (unpaired) electrons. The molecule has 3 atom stereocenters. The molecule has 1 fully saturated rings. The number of fused-ring (bicyclic) bond motifs is 6. The van der Waals surface area contributed by atoms with Crippen LogP contribution in [-0.4, -0.2) is 39.2 Å². The van der Waals surface area contributed by atoms with E-state index in [9.17, 15) is 14.4 Å². The maximum absolute atomic E-state index is 11.1. The lowest BCUT2D eigenvalue weighted by Crippen LogP contribution is -2.19. The van der Waals surface area contributed by atoms with Gasteiger partial charge in [-0.3, -0.25) is 4.79 Å².